The Morgan fingerprint density at radius 2 is 1.89 bits per heavy atom. The number of benzene rings is 2. The summed E-state index contributed by atoms with van der Waals surface area (Å²) in [6.07, 6.45) is 1.69. The maximum Gasteiger partial charge on any atom is 0.283 e. The second-order valence-corrected chi connectivity index (χ2v) is 6.64. The van der Waals surface area contributed by atoms with Crippen LogP contribution in [0, 0.1) is 5.82 Å². The van der Waals surface area contributed by atoms with Crippen molar-refractivity contribution in [3.63, 3.8) is 0 Å². The van der Waals surface area contributed by atoms with Gasteiger partial charge in [0.05, 0.1) is 11.4 Å². The summed E-state index contributed by atoms with van der Waals surface area (Å²) < 4.78 is 13.3. The van der Waals surface area contributed by atoms with Gasteiger partial charge in [-0.15, -0.1) is 0 Å². The van der Waals surface area contributed by atoms with Gasteiger partial charge in [0.25, 0.3) is 5.91 Å². The lowest BCUT2D eigenvalue weighted by Gasteiger charge is -2.17. The first-order chi connectivity index (χ1) is 13.1. The Morgan fingerprint density at radius 1 is 1.19 bits per heavy atom. The van der Waals surface area contributed by atoms with Crippen LogP contribution in [0.1, 0.15) is 12.5 Å². The quantitative estimate of drug-likeness (QED) is 0.805. The molecule has 3 rings (SSSR count). The first kappa shape index (κ1) is 18.8. The number of anilines is 1. The summed E-state index contributed by atoms with van der Waals surface area (Å²) in [7, 11) is 0. The van der Waals surface area contributed by atoms with Crippen molar-refractivity contribution in [2.75, 3.05) is 17.2 Å². The molecule has 0 saturated heterocycles. The fourth-order valence-electron chi connectivity index (χ4n) is 2.50. The standard InChI is InChI=1S/C20H18FN3O2S/c1-2-22-18(25)13-27-20-23-17(12-14-6-4-3-5-7-14)19(26)24(20)16-10-8-15(21)9-11-16/h3-12H,2,13H2,1H3,(H,22,25)/b17-12-. The molecule has 1 N–H and O–H groups in total. The molecule has 0 bridgehead atoms. The van der Waals surface area contributed by atoms with Crippen LogP contribution in [0.4, 0.5) is 10.1 Å². The van der Waals surface area contributed by atoms with Gasteiger partial charge in [0, 0.05) is 6.54 Å². The molecular weight excluding hydrogens is 365 g/mol. The Hall–Kier alpha value is -2.93. The number of amidine groups is 1. The van der Waals surface area contributed by atoms with Gasteiger partial charge in [0.15, 0.2) is 5.17 Å². The lowest BCUT2D eigenvalue weighted by atomic mass is 10.2. The van der Waals surface area contributed by atoms with E-state index in [9.17, 15) is 14.0 Å². The molecule has 2 aromatic rings. The van der Waals surface area contributed by atoms with E-state index < -0.39 is 0 Å². The van der Waals surface area contributed by atoms with E-state index in [4.69, 9.17) is 0 Å². The summed E-state index contributed by atoms with van der Waals surface area (Å²) in [6, 6.07) is 15.0. The lowest BCUT2D eigenvalue weighted by molar-refractivity contribution is -0.118. The van der Waals surface area contributed by atoms with E-state index in [1.807, 2.05) is 37.3 Å². The van der Waals surface area contributed by atoms with Gasteiger partial charge in [-0.05, 0) is 42.8 Å². The Morgan fingerprint density at radius 3 is 2.56 bits per heavy atom. The molecule has 0 unspecified atom stereocenters. The van der Waals surface area contributed by atoms with Crippen LogP contribution in [0.2, 0.25) is 0 Å². The highest BCUT2D eigenvalue weighted by molar-refractivity contribution is 8.14. The summed E-state index contributed by atoms with van der Waals surface area (Å²) in [4.78, 5) is 30.5. The molecule has 1 heterocycles. The van der Waals surface area contributed by atoms with Crippen LogP contribution in [0.15, 0.2) is 65.3 Å². The molecule has 138 valence electrons. The fourth-order valence-corrected chi connectivity index (χ4v) is 3.34. The van der Waals surface area contributed by atoms with E-state index in [2.05, 4.69) is 10.3 Å². The van der Waals surface area contributed by atoms with E-state index in [0.29, 0.717) is 17.4 Å². The first-order valence-electron chi connectivity index (χ1n) is 8.43. The van der Waals surface area contributed by atoms with Crippen molar-refractivity contribution in [1.29, 1.82) is 0 Å². The Bertz CT molecular complexity index is 895. The number of amides is 2. The Labute approximate surface area is 161 Å². The maximum absolute atomic E-state index is 13.3. The van der Waals surface area contributed by atoms with Crippen LogP contribution in [0.25, 0.3) is 6.08 Å². The minimum absolute atomic E-state index is 0.135. The van der Waals surface area contributed by atoms with Crippen molar-refractivity contribution in [2.45, 2.75) is 6.92 Å². The molecule has 0 fully saturated rings. The molecule has 1 aliphatic rings. The average molecular weight is 383 g/mol. The van der Waals surface area contributed by atoms with Crippen LogP contribution >= 0.6 is 11.8 Å². The lowest BCUT2D eigenvalue weighted by Crippen LogP contribution is -2.32. The first-order valence-corrected chi connectivity index (χ1v) is 9.42. The van der Waals surface area contributed by atoms with Crippen molar-refractivity contribution in [1.82, 2.24) is 5.32 Å². The van der Waals surface area contributed by atoms with E-state index in [1.165, 1.54) is 40.9 Å². The largest absolute Gasteiger partial charge is 0.356 e. The third-order valence-electron chi connectivity index (χ3n) is 3.72. The van der Waals surface area contributed by atoms with E-state index in [-0.39, 0.29) is 29.1 Å². The normalized spacial score (nSPS) is 15.2. The second-order valence-electron chi connectivity index (χ2n) is 5.69. The summed E-state index contributed by atoms with van der Waals surface area (Å²) in [5.74, 6) is -0.712. The number of halogens is 1. The van der Waals surface area contributed by atoms with Gasteiger partial charge in [0.2, 0.25) is 5.91 Å². The molecule has 0 aromatic heterocycles. The van der Waals surface area contributed by atoms with Crippen LogP contribution < -0.4 is 10.2 Å². The van der Waals surface area contributed by atoms with E-state index in [1.54, 1.807) is 6.08 Å². The van der Waals surface area contributed by atoms with Crippen molar-refractivity contribution < 1.29 is 14.0 Å². The van der Waals surface area contributed by atoms with Gasteiger partial charge in [-0.25, -0.2) is 9.38 Å². The number of hydrogen-bond acceptors (Lipinski definition) is 4. The molecule has 0 radical (unpaired) electrons. The Balaban J connectivity index is 1.91. The number of aliphatic imine (C=N–C) groups is 1. The van der Waals surface area contributed by atoms with Gasteiger partial charge in [-0.1, -0.05) is 42.1 Å². The fraction of sp³-hybridized carbons (Fsp3) is 0.150. The number of rotatable bonds is 5. The zero-order valence-electron chi connectivity index (χ0n) is 14.7. The minimum atomic E-state index is -0.390. The number of nitrogens with zero attached hydrogens (tertiary/aromatic N) is 2. The molecule has 7 heteroatoms. The second kappa shape index (κ2) is 8.64. The van der Waals surface area contributed by atoms with Crippen molar-refractivity contribution in [2.24, 2.45) is 4.99 Å². The monoisotopic (exact) mass is 383 g/mol. The van der Waals surface area contributed by atoms with Crippen molar-refractivity contribution in [3.05, 3.63) is 71.7 Å². The molecule has 5 nitrogen and oxygen atoms in total. The highest BCUT2D eigenvalue weighted by atomic mass is 32.2. The van der Waals surface area contributed by atoms with Crippen molar-refractivity contribution >= 4 is 40.5 Å². The number of thioether (sulfide) groups is 1. The summed E-state index contributed by atoms with van der Waals surface area (Å²) >= 11 is 1.17. The molecule has 27 heavy (non-hydrogen) atoms. The molecular formula is C20H18FN3O2S. The average Bonchev–Trinajstić information content (AvgIpc) is 2.97. The smallest absolute Gasteiger partial charge is 0.283 e. The summed E-state index contributed by atoms with van der Waals surface area (Å²) in [5.41, 5.74) is 1.61. The zero-order chi connectivity index (χ0) is 19.2. The van der Waals surface area contributed by atoms with Crippen LogP contribution in [-0.4, -0.2) is 29.3 Å². The number of hydrogen-bond donors (Lipinski definition) is 1. The minimum Gasteiger partial charge on any atom is -0.356 e. The van der Waals surface area contributed by atoms with E-state index in [0.717, 1.165) is 5.56 Å². The topological polar surface area (TPSA) is 61.8 Å². The predicted octanol–water partition coefficient (Wildman–Crippen LogP) is 3.44. The van der Waals surface area contributed by atoms with Gasteiger partial charge >= 0.3 is 0 Å². The highest BCUT2D eigenvalue weighted by Crippen LogP contribution is 2.29. The van der Waals surface area contributed by atoms with Crippen LogP contribution in [0.3, 0.4) is 0 Å². The number of carbonyl (C=O) groups excluding carboxylic acids is 2. The van der Waals surface area contributed by atoms with Gasteiger partial charge < -0.3 is 5.32 Å². The molecule has 2 amide bonds. The van der Waals surface area contributed by atoms with Gasteiger partial charge in [0.1, 0.15) is 11.5 Å². The van der Waals surface area contributed by atoms with Crippen molar-refractivity contribution in [3.8, 4) is 0 Å². The molecule has 1 aliphatic heterocycles. The molecule has 0 atom stereocenters. The maximum atomic E-state index is 13.3. The molecule has 0 aliphatic carbocycles. The van der Waals surface area contributed by atoms with Crippen LogP contribution in [0.5, 0.6) is 0 Å². The Kier molecular flexibility index (Phi) is 6.03. The third-order valence-corrected chi connectivity index (χ3v) is 4.66. The number of nitrogens with one attached hydrogen (secondary N) is 1. The third kappa shape index (κ3) is 4.62. The zero-order valence-corrected chi connectivity index (χ0v) is 15.5. The highest BCUT2D eigenvalue weighted by Gasteiger charge is 2.32. The van der Waals surface area contributed by atoms with E-state index >= 15 is 0 Å². The molecule has 2 aromatic carbocycles. The molecule has 0 saturated carbocycles. The van der Waals surface area contributed by atoms with Crippen LogP contribution in [-0.2, 0) is 9.59 Å². The molecule has 0 spiro atoms. The number of carbonyl (C=O) groups is 2. The van der Waals surface area contributed by atoms with Gasteiger partial charge in [-0.2, -0.15) is 0 Å². The summed E-state index contributed by atoms with van der Waals surface area (Å²) in [6.45, 7) is 2.37. The van der Waals surface area contributed by atoms with Gasteiger partial charge in [-0.3, -0.25) is 14.5 Å². The SMILES string of the molecule is CCNC(=O)CSC1=N/C(=C\c2ccccc2)C(=O)N1c1ccc(F)cc1. The summed E-state index contributed by atoms with van der Waals surface area (Å²) in [5, 5.41) is 3.10. The predicted molar refractivity (Wildman–Crippen MR) is 107 cm³/mol.